The summed E-state index contributed by atoms with van der Waals surface area (Å²) < 4.78 is 31.5. The third kappa shape index (κ3) is 26.3. The number of esters is 2. The van der Waals surface area contributed by atoms with E-state index < -0.39 is 57.7 Å². The fourth-order valence-corrected chi connectivity index (χ4v) is 3.73. The Labute approximate surface area is 255 Å². The van der Waals surface area contributed by atoms with Gasteiger partial charge < -0.3 is 25.2 Å². The van der Waals surface area contributed by atoms with Gasteiger partial charge >= 0.3 is 25.7 Å². The molecular formula is C31H48NO10P. The van der Waals surface area contributed by atoms with Crippen LogP contribution < -0.4 is 5.73 Å². The van der Waals surface area contributed by atoms with Gasteiger partial charge in [0.1, 0.15) is 12.6 Å². The van der Waals surface area contributed by atoms with Crippen molar-refractivity contribution < 1.29 is 47.5 Å². The van der Waals surface area contributed by atoms with Gasteiger partial charge in [0.25, 0.3) is 0 Å². The number of allylic oxidation sites excluding steroid dienone is 12. The summed E-state index contributed by atoms with van der Waals surface area (Å²) in [5.74, 6) is -2.61. The summed E-state index contributed by atoms with van der Waals surface area (Å²) in [5, 5.41) is 8.73. The monoisotopic (exact) mass is 625 g/mol. The number of aliphatic carboxylic acids is 1. The Balaban J connectivity index is 4.33. The maximum absolute atomic E-state index is 12.2. The van der Waals surface area contributed by atoms with Crippen LogP contribution in [0.1, 0.15) is 71.6 Å². The summed E-state index contributed by atoms with van der Waals surface area (Å²) in [4.78, 5) is 44.2. The first-order chi connectivity index (χ1) is 20.6. The summed E-state index contributed by atoms with van der Waals surface area (Å²) in [7, 11) is -4.70. The van der Waals surface area contributed by atoms with E-state index in [2.05, 4.69) is 66.1 Å². The zero-order chi connectivity index (χ0) is 32.2. The molecule has 0 heterocycles. The first-order valence-corrected chi connectivity index (χ1v) is 16.0. The number of phosphoric ester groups is 1. The van der Waals surface area contributed by atoms with Crippen LogP contribution in [0.2, 0.25) is 0 Å². The second kappa shape index (κ2) is 26.5. The van der Waals surface area contributed by atoms with Crippen LogP contribution in [0.25, 0.3) is 0 Å². The van der Waals surface area contributed by atoms with E-state index in [0.717, 1.165) is 32.1 Å². The van der Waals surface area contributed by atoms with Crippen LogP contribution >= 0.6 is 7.82 Å². The Morgan fingerprint density at radius 3 is 1.65 bits per heavy atom. The molecule has 0 amide bonds. The molecule has 0 aromatic carbocycles. The SMILES string of the molecule is CC/C=C\C/C=C\C/C=C\C/C=C\C/C=C\C/C=C\CCC(=O)OC(COC(=O)CC)COP(=O)(O)OCC(N)C(=O)O. The molecule has 0 aliphatic heterocycles. The molecular weight excluding hydrogens is 577 g/mol. The van der Waals surface area contributed by atoms with Crippen molar-refractivity contribution in [2.75, 3.05) is 19.8 Å². The number of ether oxygens (including phenoxy) is 2. The van der Waals surface area contributed by atoms with Crippen molar-refractivity contribution in [1.29, 1.82) is 0 Å². The van der Waals surface area contributed by atoms with Gasteiger partial charge in [0.05, 0.1) is 13.2 Å². The van der Waals surface area contributed by atoms with Gasteiger partial charge in [-0.05, 0) is 44.9 Å². The van der Waals surface area contributed by atoms with Crippen LogP contribution in [0.3, 0.4) is 0 Å². The first kappa shape index (κ1) is 39.9. The van der Waals surface area contributed by atoms with E-state index in [4.69, 9.17) is 24.8 Å². The third-order valence-electron chi connectivity index (χ3n) is 5.29. The molecule has 242 valence electrons. The van der Waals surface area contributed by atoms with E-state index in [1.165, 1.54) is 0 Å². The molecule has 43 heavy (non-hydrogen) atoms. The van der Waals surface area contributed by atoms with Gasteiger partial charge in [0.2, 0.25) is 0 Å². The zero-order valence-electron chi connectivity index (χ0n) is 25.3. The molecule has 0 spiro atoms. The highest BCUT2D eigenvalue weighted by atomic mass is 31.2. The molecule has 3 unspecified atom stereocenters. The second-order valence-corrected chi connectivity index (χ2v) is 10.6. The van der Waals surface area contributed by atoms with Gasteiger partial charge in [0, 0.05) is 12.8 Å². The van der Waals surface area contributed by atoms with E-state index in [-0.39, 0.29) is 12.8 Å². The lowest BCUT2D eigenvalue weighted by atomic mass is 10.2. The molecule has 0 bridgehead atoms. The highest BCUT2D eigenvalue weighted by Crippen LogP contribution is 2.43. The molecule has 0 fully saturated rings. The fourth-order valence-electron chi connectivity index (χ4n) is 2.95. The minimum Gasteiger partial charge on any atom is -0.480 e. The Morgan fingerprint density at radius 2 is 1.19 bits per heavy atom. The number of hydrogen-bond donors (Lipinski definition) is 3. The maximum Gasteiger partial charge on any atom is 0.472 e. The molecule has 0 saturated carbocycles. The average molecular weight is 626 g/mol. The van der Waals surface area contributed by atoms with Crippen LogP contribution in [-0.4, -0.2) is 59.9 Å². The molecule has 12 heteroatoms. The van der Waals surface area contributed by atoms with Crippen molar-refractivity contribution >= 4 is 25.7 Å². The van der Waals surface area contributed by atoms with Gasteiger partial charge in [-0.3, -0.25) is 23.4 Å². The number of carbonyl (C=O) groups is 3. The highest BCUT2D eigenvalue weighted by Gasteiger charge is 2.27. The predicted octanol–water partition coefficient (Wildman–Crippen LogP) is 5.87. The van der Waals surface area contributed by atoms with Crippen molar-refractivity contribution in [3.63, 3.8) is 0 Å². The molecule has 0 aromatic rings. The van der Waals surface area contributed by atoms with E-state index in [1.54, 1.807) is 6.92 Å². The molecule has 11 nitrogen and oxygen atoms in total. The number of carbonyl (C=O) groups excluding carboxylic acids is 2. The van der Waals surface area contributed by atoms with Crippen LogP contribution in [-0.2, 0) is 37.5 Å². The Bertz CT molecular complexity index is 1020. The normalized spacial score (nSPS) is 15.3. The van der Waals surface area contributed by atoms with E-state index in [1.807, 2.05) is 18.2 Å². The number of carboxylic acids is 1. The minimum atomic E-state index is -4.70. The molecule has 0 aliphatic carbocycles. The number of carboxylic acid groups (broad SMARTS) is 1. The average Bonchev–Trinajstić information content (AvgIpc) is 2.98. The predicted molar refractivity (Wildman–Crippen MR) is 166 cm³/mol. The summed E-state index contributed by atoms with van der Waals surface area (Å²) in [6.45, 7) is 1.91. The van der Waals surface area contributed by atoms with Crippen LogP contribution in [0.5, 0.6) is 0 Å². The molecule has 4 N–H and O–H groups in total. The largest absolute Gasteiger partial charge is 0.480 e. The van der Waals surface area contributed by atoms with Crippen molar-refractivity contribution in [2.24, 2.45) is 5.73 Å². The quantitative estimate of drug-likeness (QED) is 0.0629. The minimum absolute atomic E-state index is 0.0289. The third-order valence-corrected chi connectivity index (χ3v) is 6.24. The zero-order valence-corrected chi connectivity index (χ0v) is 26.1. The van der Waals surface area contributed by atoms with Gasteiger partial charge in [0.15, 0.2) is 6.10 Å². The van der Waals surface area contributed by atoms with E-state index >= 15 is 0 Å². The molecule has 0 aromatic heterocycles. The van der Waals surface area contributed by atoms with E-state index in [0.29, 0.717) is 12.8 Å². The lowest BCUT2D eigenvalue weighted by molar-refractivity contribution is -0.161. The summed E-state index contributed by atoms with van der Waals surface area (Å²) in [5.41, 5.74) is 5.23. The van der Waals surface area contributed by atoms with Crippen molar-refractivity contribution in [3.05, 3.63) is 72.9 Å². The van der Waals surface area contributed by atoms with Crippen LogP contribution in [0, 0.1) is 0 Å². The Morgan fingerprint density at radius 1 is 0.721 bits per heavy atom. The lowest BCUT2D eigenvalue weighted by Gasteiger charge is -2.20. The highest BCUT2D eigenvalue weighted by molar-refractivity contribution is 7.47. The van der Waals surface area contributed by atoms with Crippen LogP contribution in [0.4, 0.5) is 0 Å². The number of hydrogen-bond acceptors (Lipinski definition) is 9. The van der Waals surface area contributed by atoms with Crippen molar-refractivity contribution in [1.82, 2.24) is 0 Å². The Hall–Kier alpha value is -3.08. The summed E-state index contributed by atoms with van der Waals surface area (Å²) in [6, 6.07) is -1.53. The first-order valence-electron chi connectivity index (χ1n) is 14.5. The molecule has 0 radical (unpaired) electrons. The van der Waals surface area contributed by atoms with Gasteiger partial charge in [-0.1, -0.05) is 86.8 Å². The maximum atomic E-state index is 12.2. The molecule has 3 atom stereocenters. The van der Waals surface area contributed by atoms with Crippen molar-refractivity contribution in [2.45, 2.75) is 83.8 Å². The fraction of sp³-hybridized carbons (Fsp3) is 0.516. The van der Waals surface area contributed by atoms with E-state index in [9.17, 15) is 23.8 Å². The number of rotatable bonds is 25. The topological polar surface area (TPSA) is 172 Å². The standard InChI is InChI=1S/C31H48NO10P/c1-3-5-6-7-8-9-10-11-12-13-14-15-16-17-18-19-20-21-22-23-30(34)42-27(24-39-29(33)4-2)25-40-43(37,38)41-26-28(32)31(35)36/h5-6,8-9,11-12,14-15,17-18,20-21,27-28H,3-4,7,10,13,16,19,22-26,32H2,1-2H3,(H,35,36)(H,37,38)/b6-5-,9-8-,12-11-,15-14-,18-17-,21-20-. The van der Waals surface area contributed by atoms with Gasteiger partial charge in [-0.15, -0.1) is 0 Å². The Kier molecular flexibility index (Phi) is 24.6. The smallest absolute Gasteiger partial charge is 0.472 e. The van der Waals surface area contributed by atoms with Crippen LogP contribution in [0.15, 0.2) is 72.9 Å². The number of phosphoric acid groups is 1. The number of nitrogens with two attached hydrogens (primary N) is 1. The molecule has 0 rings (SSSR count). The van der Waals surface area contributed by atoms with Crippen molar-refractivity contribution in [3.8, 4) is 0 Å². The molecule has 0 aliphatic rings. The molecule has 0 saturated heterocycles. The summed E-state index contributed by atoms with van der Waals surface area (Å²) >= 11 is 0. The summed E-state index contributed by atoms with van der Waals surface area (Å²) in [6.07, 6.45) is 29.8. The second-order valence-electron chi connectivity index (χ2n) is 9.11. The van der Waals surface area contributed by atoms with Gasteiger partial charge in [-0.2, -0.15) is 0 Å². The lowest BCUT2D eigenvalue weighted by Crippen LogP contribution is -2.34. The van der Waals surface area contributed by atoms with Gasteiger partial charge in [-0.25, -0.2) is 4.57 Å².